The van der Waals surface area contributed by atoms with E-state index in [1.807, 2.05) is 72.8 Å². The summed E-state index contributed by atoms with van der Waals surface area (Å²) in [6.45, 7) is 2.09. The van der Waals surface area contributed by atoms with Gasteiger partial charge in [-0.05, 0) is 60.5 Å². The number of aryl methyl sites for hydroxylation is 1. The number of carbonyl (C=O) groups is 1. The second kappa shape index (κ2) is 8.88. The van der Waals surface area contributed by atoms with Crippen LogP contribution in [0.3, 0.4) is 0 Å². The van der Waals surface area contributed by atoms with Gasteiger partial charge in [-0.15, -0.1) is 10.2 Å². The minimum absolute atomic E-state index is 0.308. The topological polar surface area (TPSA) is 97.1 Å². The van der Waals surface area contributed by atoms with E-state index in [4.69, 9.17) is 5.10 Å². The van der Waals surface area contributed by atoms with Crippen LogP contribution in [0, 0.1) is 0 Å². The molecule has 0 saturated carbocycles. The Labute approximate surface area is 190 Å². The zero-order valence-corrected chi connectivity index (χ0v) is 17.9. The number of urea groups is 1. The standard InChI is InChI=1S/C25H21N7O/c1-2-17-8-10-20(11-9-17)27-25(33)28-21-7-3-5-18(15-21)22-12-13-23-29-30-24(32(23)31-22)19-6-4-14-26-16-19/h3-16H,2H2,1H3,(H2,27,28,33). The fourth-order valence-electron chi connectivity index (χ4n) is 3.49. The molecule has 0 aliphatic rings. The minimum Gasteiger partial charge on any atom is -0.308 e. The van der Waals surface area contributed by atoms with Gasteiger partial charge in [0.1, 0.15) is 0 Å². The number of carbonyl (C=O) groups excluding carboxylic acids is 1. The van der Waals surface area contributed by atoms with E-state index in [-0.39, 0.29) is 6.03 Å². The van der Waals surface area contributed by atoms with Crippen LogP contribution in [0.2, 0.25) is 0 Å². The number of rotatable bonds is 5. The summed E-state index contributed by atoms with van der Waals surface area (Å²) in [5.74, 6) is 0.614. The molecule has 5 rings (SSSR count). The van der Waals surface area contributed by atoms with Crippen molar-refractivity contribution in [1.82, 2.24) is 24.8 Å². The number of aromatic nitrogens is 5. The Bertz CT molecular complexity index is 1410. The summed E-state index contributed by atoms with van der Waals surface area (Å²) in [6.07, 6.45) is 4.39. The Kier molecular flexibility index (Phi) is 5.47. The third kappa shape index (κ3) is 4.40. The first-order valence-electron chi connectivity index (χ1n) is 10.6. The van der Waals surface area contributed by atoms with Crippen molar-refractivity contribution in [2.75, 3.05) is 10.6 Å². The van der Waals surface area contributed by atoms with Crippen molar-refractivity contribution in [3.8, 4) is 22.6 Å². The summed E-state index contributed by atoms with van der Waals surface area (Å²) < 4.78 is 1.69. The Morgan fingerprint density at radius 3 is 2.48 bits per heavy atom. The predicted molar refractivity (Wildman–Crippen MR) is 128 cm³/mol. The molecule has 0 aliphatic heterocycles. The van der Waals surface area contributed by atoms with Gasteiger partial charge in [0, 0.05) is 34.9 Å². The largest absolute Gasteiger partial charge is 0.323 e. The summed E-state index contributed by atoms with van der Waals surface area (Å²) in [5, 5.41) is 18.9. The summed E-state index contributed by atoms with van der Waals surface area (Å²) in [6, 6.07) is 22.5. The number of fused-ring (bicyclic) bond motifs is 1. The number of hydrogen-bond acceptors (Lipinski definition) is 5. The molecule has 3 aromatic heterocycles. The van der Waals surface area contributed by atoms with Gasteiger partial charge in [0.15, 0.2) is 11.5 Å². The Morgan fingerprint density at radius 2 is 1.70 bits per heavy atom. The maximum atomic E-state index is 12.5. The molecular formula is C25H21N7O. The first-order chi connectivity index (χ1) is 16.2. The molecule has 33 heavy (non-hydrogen) atoms. The zero-order chi connectivity index (χ0) is 22.6. The van der Waals surface area contributed by atoms with Gasteiger partial charge in [0.2, 0.25) is 0 Å². The fourth-order valence-corrected chi connectivity index (χ4v) is 3.49. The third-order valence-corrected chi connectivity index (χ3v) is 5.22. The van der Waals surface area contributed by atoms with Crippen LogP contribution in [0.4, 0.5) is 16.2 Å². The highest BCUT2D eigenvalue weighted by molar-refractivity contribution is 6.00. The van der Waals surface area contributed by atoms with Crippen molar-refractivity contribution in [3.63, 3.8) is 0 Å². The van der Waals surface area contributed by atoms with E-state index >= 15 is 0 Å². The predicted octanol–water partition coefficient (Wildman–Crippen LogP) is 5.06. The lowest BCUT2D eigenvalue weighted by Crippen LogP contribution is -2.19. The molecule has 2 aromatic carbocycles. The van der Waals surface area contributed by atoms with E-state index < -0.39 is 0 Å². The van der Waals surface area contributed by atoms with Gasteiger partial charge >= 0.3 is 6.03 Å². The van der Waals surface area contributed by atoms with Crippen LogP contribution in [0.15, 0.2) is 85.2 Å². The highest BCUT2D eigenvalue weighted by Gasteiger charge is 2.11. The van der Waals surface area contributed by atoms with Crippen LogP contribution in [-0.2, 0) is 6.42 Å². The van der Waals surface area contributed by atoms with Crippen LogP contribution in [-0.4, -0.2) is 30.8 Å². The van der Waals surface area contributed by atoms with E-state index in [1.54, 1.807) is 16.9 Å². The van der Waals surface area contributed by atoms with Gasteiger partial charge in [-0.3, -0.25) is 4.98 Å². The molecule has 2 amide bonds. The Balaban J connectivity index is 1.37. The molecule has 0 bridgehead atoms. The second-order valence-corrected chi connectivity index (χ2v) is 7.46. The van der Waals surface area contributed by atoms with Gasteiger partial charge in [-0.1, -0.05) is 31.2 Å². The molecule has 0 spiro atoms. The van der Waals surface area contributed by atoms with Gasteiger partial charge in [0.25, 0.3) is 0 Å². The van der Waals surface area contributed by atoms with Crippen LogP contribution in [0.25, 0.3) is 28.3 Å². The molecule has 8 nitrogen and oxygen atoms in total. The number of nitrogens with one attached hydrogen (secondary N) is 2. The summed E-state index contributed by atoms with van der Waals surface area (Å²) in [7, 11) is 0. The Hall–Kier alpha value is -4.59. The molecule has 3 heterocycles. The van der Waals surface area contributed by atoms with Gasteiger partial charge in [-0.25, -0.2) is 4.79 Å². The molecule has 162 valence electrons. The van der Waals surface area contributed by atoms with E-state index in [0.717, 1.165) is 28.9 Å². The van der Waals surface area contributed by atoms with Crippen molar-refractivity contribution in [2.45, 2.75) is 13.3 Å². The van der Waals surface area contributed by atoms with E-state index in [2.05, 4.69) is 32.7 Å². The third-order valence-electron chi connectivity index (χ3n) is 5.22. The molecule has 0 aliphatic carbocycles. The van der Waals surface area contributed by atoms with Gasteiger partial charge in [-0.2, -0.15) is 9.61 Å². The number of benzene rings is 2. The summed E-state index contributed by atoms with van der Waals surface area (Å²) >= 11 is 0. The molecule has 0 saturated heterocycles. The normalized spacial score (nSPS) is 10.8. The van der Waals surface area contributed by atoms with Crippen LogP contribution < -0.4 is 10.6 Å². The minimum atomic E-state index is -0.308. The van der Waals surface area contributed by atoms with Crippen molar-refractivity contribution in [2.24, 2.45) is 0 Å². The fraction of sp³-hybridized carbons (Fsp3) is 0.0800. The summed E-state index contributed by atoms with van der Waals surface area (Å²) in [4.78, 5) is 16.6. The molecule has 8 heteroatoms. The average molecular weight is 435 g/mol. The number of pyridine rings is 1. The molecule has 2 N–H and O–H groups in total. The molecular weight excluding hydrogens is 414 g/mol. The monoisotopic (exact) mass is 435 g/mol. The number of nitrogens with zero attached hydrogens (tertiary/aromatic N) is 5. The van der Waals surface area contributed by atoms with Crippen molar-refractivity contribution in [1.29, 1.82) is 0 Å². The summed E-state index contributed by atoms with van der Waals surface area (Å²) in [5.41, 5.74) is 5.67. The maximum Gasteiger partial charge on any atom is 0.323 e. The van der Waals surface area contributed by atoms with Crippen LogP contribution in [0.5, 0.6) is 0 Å². The molecule has 0 radical (unpaired) electrons. The number of hydrogen-bond donors (Lipinski definition) is 2. The first-order valence-corrected chi connectivity index (χ1v) is 10.6. The van der Waals surface area contributed by atoms with Crippen molar-refractivity contribution >= 4 is 23.1 Å². The SMILES string of the molecule is CCc1ccc(NC(=O)Nc2cccc(-c3ccc4nnc(-c5cccnc5)n4n3)c2)cc1. The van der Waals surface area contributed by atoms with Crippen LogP contribution >= 0.6 is 0 Å². The van der Waals surface area contributed by atoms with E-state index in [9.17, 15) is 4.79 Å². The van der Waals surface area contributed by atoms with E-state index in [0.29, 0.717) is 17.2 Å². The lowest BCUT2D eigenvalue weighted by molar-refractivity contribution is 0.262. The zero-order valence-electron chi connectivity index (χ0n) is 17.9. The quantitative estimate of drug-likeness (QED) is 0.402. The second-order valence-electron chi connectivity index (χ2n) is 7.46. The van der Waals surface area contributed by atoms with Crippen LogP contribution in [0.1, 0.15) is 12.5 Å². The highest BCUT2D eigenvalue weighted by atomic mass is 16.2. The molecule has 0 fully saturated rings. The number of anilines is 2. The smallest absolute Gasteiger partial charge is 0.308 e. The lowest BCUT2D eigenvalue weighted by atomic mass is 10.1. The van der Waals surface area contributed by atoms with Gasteiger partial charge in [0.05, 0.1) is 5.69 Å². The molecule has 0 atom stereocenters. The highest BCUT2D eigenvalue weighted by Crippen LogP contribution is 2.23. The first kappa shape index (κ1) is 20.3. The van der Waals surface area contributed by atoms with Crippen molar-refractivity contribution < 1.29 is 4.79 Å². The lowest BCUT2D eigenvalue weighted by Gasteiger charge is -2.10. The van der Waals surface area contributed by atoms with E-state index in [1.165, 1.54) is 5.56 Å². The van der Waals surface area contributed by atoms with Gasteiger partial charge < -0.3 is 10.6 Å². The average Bonchev–Trinajstić information content (AvgIpc) is 3.28. The molecule has 5 aromatic rings. The Morgan fingerprint density at radius 1 is 0.879 bits per heavy atom. The van der Waals surface area contributed by atoms with Crippen molar-refractivity contribution in [3.05, 3.63) is 90.8 Å². The maximum absolute atomic E-state index is 12.5. The number of amides is 2. The molecule has 0 unspecified atom stereocenters.